The van der Waals surface area contributed by atoms with E-state index in [9.17, 15) is 4.79 Å². The van der Waals surface area contributed by atoms with Crippen LogP contribution in [-0.4, -0.2) is 51.9 Å². The molecule has 0 spiro atoms. The minimum atomic E-state index is 0.290. The van der Waals surface area contributed by atoms with Crippen molar-refractivity contribution < 1.29 is 9.53 Å². The second-order valence-corrected chi connectivity index (χ2v) is 5.45. The molecule has 1 amide bonds. The molecule has 0 N–H and O–H groups in total. The van der Waals surface area contributed by atoms with E-state index in [0.717, 1.165) is 45.6 Å². The third kappa shape index (κ3) is 2.94. The molecule has 0 bridgehead atoms. The van der Waals surface area contributed by atoms with Crippen LogP contribution < -0.4 is 0 Å². The number of carbonyl (C=O) groups is 1. The number of nitrogens with zero attached hydrogens (tertiary/aromatic N) is 4. The van der Waals surface area contributed by atoms with Gasteiger partial charge < -0.3 is 14.2 Å². The molecule has 3 rings (SSSR count). The van der Waals surface area contributed by atoms with Crippen molar-refractivity contribution in [2.45, 2.75) is 31.7 Å². The molecule has 19 heavy (non-hydrogen) atoms. The third-order valence-corrected chi connectivity index (χ3v) is 4.16. The number of ether oxygens (including phenoxy) is 1. The summed E-state index contributed by atoms with van der Waals surface area (Å²) in [5.74, 6) is 0.723. The topological polar surface area (TPSA) is 60.2 Å². The van der Waals surface area contributed by atoms with Gasteiger partial charge in [-0.15, -0.1) is 10.2 Å². The van der Waals surface area contributed by atoms with E-state index in [4.69, 9.17) is 4.74 Å². The molecular weight excluding hydrogens is 244 g/mol. The van der Waals surface area contributed by atoms with Gasteiger partial charge >= 0.3 is 0 Å². The van der Waals surface area contributed by atoms with Gasteiger partial charge in [0.2, 0.25) is 5.91 Å². The summed E-state index contributed by atoms with van der Waals surface area (Å²) in [5.41, 5.74) is 0. The van der Waals surface area contributed by atoms with Gasteiger partial charge in [0.1, 0.15) is 12.7 Å². The number of piperidine rings is 1. The summed E-state index contributed by atoms with van der Waals surface area (Å²) in [6, 6.07) is 0.439. The van der Waals surface area contributed by atoms with E-state index in [-0.39, 0.29) is 5.91 Å². The lowest BCUT2D eigenvalue weighted by molar-refractivity contribution is -0.133. The molecule has 0 saturated carbocycles. The minimum Gasteiger partial charge on any atom is -0.381 e. The summed E-state index contributed by atoms with van der Waals surface area (Å²) >= 11 is 0. The summed E-state index contributed by atoms with van der Waals surface area (Å²) in [6.07, 6.45) is 7.19. The lowest BCUT2D eigenvalue weighted by Crippen LogP contribution is -2.39. The molecule has 2 fully saturated rings. The van der Waals surface area contributed by atoms with E-state index in [1.54, 1.807) is 12.7 Å². The number of aromatic nitrogens is 3. The van der Waals surface area contributed by atoms with Gasteiger partial charge in [0.15, 0.2) is 0 Å². The fourth-order valence-corrected chi connectivity index (χ4v) is 2.93. The van der Waals surface area contributed by atoms with E-state index in [2.05, 4.69) is 10.2 Å². The maximum absolute atomic E-state index is 12.2. The molecule has 0 aliphatic carbocycles. The van der Waals surface area contributed by atoms with E-state index < -0.39 is 0 Å². The Bertz CT molecular complexity index is 406. The van der Waals surface area contributed by atoms with Crippen molar-refractivity contribution >= 4 is 5.91 Å². The van der Waals surface area contributed by atoms with E-state index >= 15 is 0 Å². The van der Waals surface area contributed by atoms with Crippen LogP contribution in [0.2, 0.25) is 0 Å². The number of amides is 1. The Balaban J connectivity index is 1.48. The molecule has 0 radical (unpaired) electrons. The standard InChI is InChI=1S/C13H20N4O2/c18-13(7-11-3-6-19-8-11)16-4-1-12(2-5-16)17-9-14-15-10-17/h9-12H,1-8H2/t11-/m1/s1. The van der Waals surface area contributed by atoms with E-state index in [0.29, 0.717) is 18.4 Å². The Kier molecular flexibility index (Phi) is 3.77. The van der Waals surface area contributed by atoms with Crippen molar-refractivity contribution in [2.24, 2.45) is 5.92 Å². The minimum absolute atomic E-state index is 0.290. The van der Waals surface area contributed by atoms with Crippen molar-refractivity contribution in [2.75, 3.05) is 26.3 Å². The first-order chi connectivity index (χ1) is 9.33. The SMILES string of the molecule is O=C(C[C@H]1CCOC1)N1CCC(n2cnnc2)CC1. The van der Waals surface area contributed by atoms with Crippen molar-refractivity contribution in [3.05, 3.63) is 12.7 Å². The Morgan fingerprint density at radius 2 is 1.95 bits per heavy atom. The van der Waals surface area contributed by atoms with Crippen LogP contribution in [0.25, 0.3) is 0 Å². The van der Waals surface area contributed by atoms with Crippen LogP contribution in [0.1, 0.15) is 31.7 Å². The average molecular weight is 264 g/mol. The summed E-state index contributed by atoms with van der Waals surface area (Å²) in [6.45, 7) is 3.25. The monoisotopic (exact) mass is 264 g/mol. The van der Waals surface area contributed by atoms with Gasteiger partial charge in [0, 0.05) is 38.8 Å². The predicted octanol–water partition coefficient (Wildman–Crippen LogP) is 0.868. The second kappa shape index (κ2) is 5.69. The highest BCUT2D eigenvalue weighted by atomic mass is 16.5. The first kappa shape index (κ1) is 12.6. The van der Waals surface area contributed by atoms with Crippen molar-refractivity contribution in [3.8, 4) is 0 Å². The molecule has 1 atom stereocenters. The van der Waals surface area contributed by atoms with Gasteiger partial charge in [0.05, 0.1) is 0 Å². The Morgan fingerprint density at radius 3 is 2.58 bits per heavy atom. The van der Waals surface area contributed by atoms with Gasteiger partial charge in [-0.1, -0.05) is 0 Å². The van der Waals surface area contributed by atoms with Crippen LogP contribution in [-0.2, 0) is 9.53 Å². The van der Waals surface area contributed by atoms with Crippen molar-refractivity contribution in [1.82, 2.24) is 19.7 Å². The fraction of sp³-hybridized carbons (Fsp3) is 0.769. The van der Waals surface area contributed by atoms with E-state index in [1.165, 1.54) is 0 Å². The molecule has 1 aromatic heterocycles. The third-order valence-electron chi connectivity index (χ3n) is 4.16. The smallest absolute Gasteiger partial charge is 0.222 e. The molecular formula is C13H20N4O2. The summed E-state index contributed by atoms with van der Waals surface area (Å²) in [5, 5.41) is 7.68. The van der Waals surface area contributed by atoms with Gasteiger partial charge in [-0.3, -0.25) is 4.79 Å². The zero-order valence-electron chi connectivity index (χ0n) is 11.1. The van der Waals surface area contributed by atoms with E-state index in [1.807, 2.05) is 9.47 Å². The molecule has 0 aromatic carbocycles. The largest absolute Gasteiger partial charge is 0.381 e. The highest BCUT2D eigenvalue weighted by Gasteiger charge is 2.26. The highest BCUT2D eigenvalue weighted by molar-refractivity contribution is 5.76. The molecule has 2 saturated heterocycles. The molecule has 3 heterocycles. The van der Waals surface area contributed by atoms with Gasteiger partial charge in [0.25, 0.3) is 0 Å². The van der Waals surface area contributed by atoms with Crippen LogP contribution in [0.15, 0.2) is 12.7 Å². The summed E-state index contributed by atoms with van der Waals surface area (Å²) in [7, 11) is 0. The summed E-state index contributed by atoms with van der Waals surface area (Å²) < 4.78 is 7.37. The molecule has 6 heteroatoms. The molecule has 104 valence electrons. The van der Waals surface area contributed by atoms with Crippen LogP contribution in [0.5, 0.6) is 0 Å². The number of hydrogen-bond acceptors (Lipinski definition) is 4. The van der Waals surface area contributed by atoms with Crippen molar-refractivity contribution in [1.29, 1.82) is 0 Å². The maximum atomic E-state index is 12.2. The fourth-order valence-electron chi connectivity index (χ4n) is 2.93. The van der Waals surface area contributed by atoms with Gasteiger partial charge in [-0.25, -0.2) is 0 Å². The first-order valence-electron chi connectivity index (χ1n) is 7.02. The van der Waals surface area contributed by atoms with Crippen LogP contribution >= 0.6 is 0 Å². The number of likely N-dealkylation sites (tertiary alicyclic amines) is 1. The zero-order chi connectivity index (χ0) is 13.1. The first-order valence-corrected chi connectivity index (χ1v) is 7.02. The number of hydrogen-bond donors (Lipinski definition) is 0. The van der Waals surface area contributed by atoms with Crippen LogP contribution in [0.4, 0.5) is 0 Å². The van der Waals surface area contributed by atoms with Gasteiger partial charge in [-0.05, 0) is 25.2 Å². The number of rotatable bonds is 3. The quantitative estimate of drug-likeness (QED) is 0.812. The second-order valence-electron chi connectivity index (χ2n) is 5.45. The normalized spacial score (nSPS) is 24.8. The molecule has 2 aliphatic rings. The Morgan fingerprint density at radius 1 is 1.21 bits per heavy atom. The average Bonchev–Trinajstić information content (AvgIpc) is 3.12. The number of carbonyl (C=O) groups excluding carboxylic acids is 1. The zero-order valence-corrected chi connectivity index (χ0v) is 11.1. The van der Waals surface area contributed by atoms with Crippen LogP contribution in [0, 0.1) is 5.92 Å². The highest BCUT2D eigenvalue weighted by Crippen LogP contribution is 2.24. The molecule has 0 unspecified atom stereocenters. The lowest BCUT2D eigenvalue weighted by atomic mass is 10.0. The predicted molar refractivity (Wildman–Crippen MR) is 68.4 cm³/mol. The van der Waals surface area contributed by atoms with Crippen LogP contribution in [0.3, 0.4) is 0 Å². The Labute approximate surface area is 112 Å². The molecule has 2 aliphatic heterocycles. The van der Waals surface area contributed by atoms with Crippen molar-refractivity contribution in [3.63, 3.8) is 0 Å². The lowest BCUT2D eigenvalue weighted by Gasteiger charge is -2.32. The molecule has 6 nitrogen and oxygen atoms in total. The Hall–Kier alpha value is -1.43. The van der Waals surface area contributed by atoms with Gasteiger partial charge in [-0.2, -0.15) is 0 Å². The maximum Gasteiger partial charge on any atom is 0.222 e. The summed E-state index contributed by atoms with van der Waals surface area (Å²) in [4.78, 5) is 14.2. The molecule has 1 aromatic rings.